The molecule has 6 heteroatoms. The summed E-state index contributed by atoms with van der Waals surface area (Å²) in [5.74, 6) is -0.472. The van der Waals surface area contributed by atoms with Crippen LogP contribution in [0.5, 0.6) is 0 Å². The van der Waals surface area contributed by atoms with Crippen molar-refractivity contribution in [2.24, 2.45) is 11.5 Å². The smallest absolute Gasteiger partial charge is 0.305 e. The normalized spacial score (nSPS) is 10.1. The van der Waals surface area contributed by atoms with Gasteiger partial charge in [-0.2, -0.15) is 0 Å². The molecule has 0 spiro atoms. The van der Waals surface area contributed by atoms with Crippen LogP contribution in [0, 0.1) is 0 Å². The number of esters is 2. The van der Waals surface area contributed by atoms with Gasteiger partial charge >= 0.3 is 11.9 Å². The second kappa shape index (κ2) is 12.3. The molecule has 0 aromatic rings. The van der Waals surface area contributed by atoms with E-state index in [-0.39, 0.29) is 11.9 Å². The first kappa shape index (κ1) is 16.9. The van der Waals surface area contributed by atoms with Gasteiger partial charge in [-0.3, -0.25) is 9.59 Å². The number of carbonyl (C=O) groups excluding carboxylic acids is 2. The zero-order valence-corrected chi connectivity index (χ0v) is 10.9. The van der Waals surface area contributed by atoms with E-state index in [1.54, 1.807) is 0 Å². The van der Waals surface area contributed by atoms with E-state index in [1.807, 2.05) is 0 Å². The molecule has 0 rings (SSSR count). The van der Waals surface area contributed by atoms with Crippen molar-refractivity contribution in [2.75, 3.05) is 26.3 Å². The Morgan fingerprint density at radius 1 is 0.722 bits per heavy atom. The maximum Gasteiger partial charge on any atom is 0.305 e. The van der Waals surface area contributed by atoms with Crippen molar-refractivity contribution in [3.05, 3.63) is 0 Å². The lowest BCUT2D eigenvalue weighted by atomic mass is 10.2. The van der Waals surface area contributed by atoms with Crippen molar-refractivity contribution < 1.29 is 19.1 Å². The second-order valence-corrected chi connectivity index (χ2v) is 3.93. The molecule has 0 radical (unpaired) electrons. The molecule has 0 saturated carbocycles. The van der Waals surface area contributed by atoms with Crippen LogP contribution in [0.2, 0.25) is 0 Å². The molecule has 4 N–H and O–H groups in total. The van der Waals surface area contributed by atoms with E-state index in [4.69, 9.17) is 20.9 Å². The molecule has 0 unspecified atom stereocenters. The fourth-order valence-corrected chi connectivity index (χ4v) is 1.22. The molecule has 0 amide bonds. The van der Waals surface area contributed by atoms with Gasteiger partial charge in [0.2, 0.25) is 0 Å². The van der Waals surface area contributed by atoms with Crippen molar-refractivity contribution in [2.45, 2.75) is 38.5 Å². The van der Waals surface area contributed by atoms with Crippen LogP contribution in [0.15, 0.2) is 0 Å². The van der Waals surface area contributed by atoms with Crippen LogP contribution in [-0.2, 0) is 19.1 Å². The largest absolute Gasteiger partial charge is 0.466 e. The summed E-state index contributed by atoms with van der Waals surface area (Å²) in [6.07, 6.45) is 3.29. The highest BCUT2D eigenvalue weighted by atomic mass is 16.5. The third-order valence-corrected chi connectivity index (χ3v) is 2.23. The van der Waals surface area contributed by atoms with Crippen molar-refractivity contribution in [3.63, 3.8) is 0 Å². The summed E-state index contributed by atoms with van der Waals surface area (Å²) in [4.78, 5) is 22.4. The third kappa shape index (κ3) is 11.3. The van der Waals surface area contributed by atoms with Crippen molar-refractivity contribution in [3.8, 4) is 0 Å². The molecule has 18 heavy (non-hydrogen) atoms. The molecule has 0 aliphatic carbocycles. The fraction of sp³-hybridized carbons (Fsp3) is 0.833. The zero-order chi connectivity index (χ0) is 13.6. The first-order valence-corrected chi connectivity index (χ1v) is 6.42. The van der Waals surface area contributed by atoms with E-state index < -0.39 is 0 Å². The van der Waals surface area contributed by atoms with Gasteiger partial charge in [-0.15, -0.1) is 0 Å². The summed E-state index contributed by atoms with van der Waals surface area (Å²) in [6.45, 7) is 1.77. The SMILES string of the molecule is NCCCOC(=O)CCCCC(=O)OCCCN. The summed E-state index contributed by atoms with van der Waals surface area (Å²) in [5.41, 5.74) is 10.5. The highest BCUT2D eigenvalue weighted by Gasteiger charge is 2.05. The van der Waals surface area contributed by atoms with Crippen LogP contribution in [-0.4, -0.2) is 38.2 Å². The minimum atomic E-state index is -0.236. The molecule has 0 saturated heterocycles. The van der Waals surface area contributed by atoms with Crippen LogP contribution in [0.25, 0.3) is 0 Å². The van der Waals surface area contributed by atoms with Gasteiger partial charge in [-0.25, -0.2) is 0 Å². The molecule has 106 valence electrons. The Kier molecular flexibility index (Phi) is 11.5. The summed E-state index contributed by atoms with van der Waals surface area (Å²) >= 11 is 0. The van der Waals surface area contributed by atoms with Gasteiger partial charge in [-0.05, 0) is 38.8 Å². The van der Waals surface area contributed by atoms with Gasteiger partial charge in [0, 0.05) is 12.8 Å². The van der Waals surface area contributed by atoms with Crippen molar-refractivity contribution in [1.29, 1.82) is 0 Å². The standard InChI is InChI=1S/C12H24N2O4/c13-7-3-9-17-11(15)5-1-2-6-12(16)18-10-4-8-14/h1-10,13-14H2. The van der Waals surface area contributed by atoms with Crippen molar-refractivity contribution >= 4 is 11.9 Å². The van der Waals surface area contributed by atoms with Gasteiger partial charge in [0.15, 0.2) is 0 Å². The lowest BCUT2D eigenvalue weighted by Crippen LogP contribution is -2.11. The molecule has 0 bridgehead atoms. The van der Waals surface area contributed by atoms with Gasteiger partial charge in [0.05, 0.1) is 13.2 Å². The van der Waals surface area contributed by atoms with Crippen LogP contribution >= 0.6 is 0 Å². The van der Waals surface area contributed by atoms with E-state index in [9.17, 15) is 9.59 Å². The monoisotopic (exact) mass is 260 g/mol. The molecule has 0 fully saturated rings. The van der Waals surface area contributed by atoms with Crippen LogP contribution < -0.4 is 11.5 Å². The molecular weight excluding hydrogens is 236 g/mol. The Morgan fingerprint density at radius 2 is 1.11 bits per heavy atom. The Labute approximate surface area is 108 Å². The summed E-state index contributed by atoms with van der Waals surface area (Å²) in [5, 5.41) is 0. The average Bonchev–Trinajstić information content (AvgIpc) is 2.35. The Hall–Kier alpha value is -1.14. The lowest BCUT2D eigenvalue weighted by molar-refractivity contribution is -0.146. The molecule has 0 aromatic carbocycles. The topological polar surface area (TPSA) is 105 Å². The average molecular weight is 260 g/mol. The Balaban J connectivity index is 3.32. The van der Waals surface area contributed by atoms with Crippen LogP contribution in [0.3, 0.4) is 0 Å². The first-order valence-electron chi connectivity index (χ1n) is 6.42. The molecule has 0 aromatic heterocycles. The van der Waals surface area contributed by atoms with E-state index in [0.717, 1.165) is 0 Å². The lowest BCUT2D eigenvalue weighted by Gasteiger charge is -2.04. The highest BCUT2D eigenvalue weighted by Crippen LogP contribution is 2.03. The summed E-state index contributed by atoms with van der Waals surface area (Å²) < 4.78 is 9.84. The zero-order valence-electron chi connectivity index (χ0n) is 10.9. The maximum atomic E-state index is 11.2. The number of ether oxygens (including phenoxy) is 2. The first-order chi connectivity index (χ1) is 8.70. The van der Waals surface area contributed by atoms with E-state index in [2.05, 4.69) is 0 Å². The molecular formula is C12H24N2O4. The van der Waals surface area contributed by atoms with E-state index >= 15 is 0 Å². The minimum absolute atomic E-state index is 0.236. The van der Waals surface area contributed by atoms with E-state index in [0.29, 0.717) is 64.8 Å². The third-order valence-electron chi connectivity index (χ3n) is 2.23. The second-order valence-electron chi connectivity index (χ2n) is 3.93. The van der Waals surface area contributed by atoms with Crippen molar-refractivity contribution in [1.82, 2.24) is 0 Å². The number of hydrogen-bond donors (Lipinski definition) is 2. The molecule has 0 aliphatic heterocycles. The maximum absolute atomic E-state index is 11.2. The number of rotatable bonds is 11. The van der Waals surface area contributed by atoms with Gasteiger partial charge in [0.1, 0.15) is 0 Å². The number of nitrogens with two attached hydrogens (primary N) is 2. The van der Waals surface area contributed by atoms with Gasteiger partial charge in [0.25, 0.3) is 0 Å². The number of unbranched alkanes of at least 4 members (excludes halogenated alkanes) is 1. The number of carbonyl (C=O) groups is 2. The number of hydrogen-bond acceptors (Lipinski definition) is 6. The predicted octanol–water partition coefficient (Wildman–Crippen LogP) is 0.331. The molecule has 6 nitrogen and oxygen atoms in total. The molecule has 0 atom stereocenters. The minimum Gasteiger partial charge on any atom is -0.466 e. The van der Waals surface area contributed by atoms with Crippen LogP contribution in [0.1, 0.15) is 38.5 Å². The van der Waals surface area contributed by atoms with Gasteiger partial charge in [-0.1, -0.05) is 0 Å². The van der Waals surface area contributed by atoms with Gasteiger partial charge < -0.3 is 20.9 Å². The molecule has 0 heterocycles. The Morgan fingerprint density at radius 3 is 1.44 bits per heavy atom. The van der Waals surface area contributed by atoms with Crippen LogP contribution in [0.4, 0.5) is 0 Å². The Bertz CT molecular complexity index is 210. The quantitative estimate of drug-likeness (QED) is 0.410. The fourth-order valence-electron chi connectivity index (χ4n) is 1.22. The summed E-state index contributed by atoms with van der Waals surface area (Å²) in [7, 11) is 0. The van der Waals surface area contributed by atoms with E-state index in [1.165, 1.54) is 0 Å². The highest BCUT2D eigenvalue weighted by molar-refractivity contribution is 5.70. The predicted molar refractivity (Wildman–Crippen MR) is 67.7 cm³/mol. The summed E-state index contributed by atoms with van der Waals surface area (Å²) in [6, 6.07) is 0. The molecule has 0 aliphatic rings.